The second kappa shape index (κ2) is 6.45. The summed E-state index contributed by atoms with van der Waals surface area (Å²) in [5.74, 6) is 0.480. The van der Waals surface area contributed by atoms with Crippen molar-refractivity contribution < 1.29 is 4.79 Å². The molecule has 0 aliphatic rings. The van der Waals surface area contributed by atoms with Crippen molar-refractivity contribution in [2.75, 3.05) is 7.05 Å². The van der Waals surface area contributed by atoms with E-state index in [4.69, 9.17) is 0 Å². The maximum atomic E-state index is 12.9. The molecule has 0 fully saturated rings. The maximum Gasteiger partial charge on any atom is 0.272 e. The average Bonchev–Trinajstić information content (AvgIpc) is 3.25. The molecule has 3 heterocycles. The maximum absolute atomic E-state index is 12.9. The Morgan fingerprint density at radius 2 is 2.08 bits per heavy atom. The molecule has 0 unspecified atom stereocenters. The Labute approximate surface area is 154 Å². The molecule has 26 heavy (non-hydrogen) atoms. The number of fused-ring (bicyclic) bond motifs is 2. The van der Waals surface area contributed by atoms with Crippen LogP contribution in [0.2, 0.25) is 0 Å². The zero-order valence-electron chi connectivity index (χ0n) is 14.7. The molecule has 0 saturated carbocycles. The number of para-hydroxylation sites is 1. The van der Waals surface area contributed by atoms with Crippen molar-refractivity contribution in [1.29, 1.82) is 0 Å². The van der Waals surface area contributed by atoms with Gasteiger partial charge < -0.3 is 4.90 Å². The van der Waals surface area contributed by atoms with Gasteiger partial charge in [0.1, 0.15) is 17.0 Å². The largest absolute Gasteiger partial charge is 0.334 e. The summed E-state index contributed by atoms with van der Waals surface area (Å²) in [6.45, 7) is 4.54. The van der Waals surface area contributed by atoms with Gasteiger partial charge >= 0.3 is 0 Å². The van der Waals surface area contributed by atoms with Crippen LogP contribution in [0.25, 0.3) is 16.0 Å². The van der Waals surface area contributed by atoms with Crippen molar-refractivity contribution in [1.82, 2.24) is 29.5 Å². The highest BCUT2D eigenvalue weighted by Crippen LogP contribution is 2.23. The van der Waals surface area contributed by atoms with Crippen LogP contribution in [0.3, 0.4) is 0 Å². The van der Waals surface area contributed by atoms with Crippen molar-refractivity contribution in [2.45, 2.75) is 26.3 Å². The molecule has 0 aliphatic carbocycles. The zero-order chi connectivity index (χ0) is 18.3. The van der Waals surface area contributed by atoms with Crippen LogP contribution in [0.5, 0.6) is 0 Å². The van der Waals surface area contributed by atoms with Gasteiger partial charge in [-0.15, -0.1) is 11.3 Å². The number of amides is 1. The molecule has 0 aliphatic heterocycles. The molecule has 1 amide bonds. The van der Waals surface area contributed by atoms with E-state index in [1.165, 1.54) is 6.33 Å². The third kappa shape index (κ3) is 2.92. The molecule has 0 atom stereocenters. The Hall–Kier alpha value is -2.87. The molecule has 8 heteroatoms. The highest BCUT2D eigenvalue weighted by Gasteiger charge is 2.19. The first-order valence-corrected chi connectivity index (χ1v) is 9.15. The third-order valence-corrected chi connectivity index (χ3v) is 5.17. The Morgan fingerprint density at radius 3 is 2.85 bits per heavy atom. The van der Waals surface area contributed by atoms with E-state index in [2.05, 4.69) is 33.9 Å². The lowest BCUT2D eigenvalue weighted by Gasteiger charge is -2.16. The number of benzene rings is 1. The van der Waals surface area contributed by atoms with Crippen LogP contribution < -0.4 is 0 Å². The second-order valence-electron chi connectivity index (χ2n) is 6.43. The second-order valence-corrected chi connectivity index (χ2v) is 7.54. The van der Waals surface area contributed by atoms with E-state index in [1.807, 2.05) is 24.3 Å². The standard InChI is InChI=1S/C18H18N6OS/c1-11(2)14-8-13(22-18-19-10-20-24(14)18)17(25)23(3)9-16-21-12-6-4-5-7-15(12)26-16/h4-8,10-11H,9H2,1-3H3. The summed E-state index contributed by atoms with van der Waals surface area (Å²) in [6.07, 6.45) is 1.45. The summed E-state index contributed by atoms with van der Waals surface area (Å²) >= 11 is 1.60. The molecule has 3 aromatic heterocycles. The number of carbonyl (C=O) groups is 1. The van der Waals surface area contributed by atoms with Gasteiger partial charge in [-0.25, -0.2) is 14.5 Å². The minimum absolute atomic E-state index is 0.156. The van der Waals surface area contributed by atoms with Crippen molar-refractivity contribution in [3.8, 4) is 0 Å². The van der Waals surface area contributed by atoms with Gasteiger partial charge in [0.05, 0.1) is 22.5 Å². The smallest absolute Gasteiger partial charge is 0.272 e. The van der Waals surface area contributed by atoms with Crippen LogP contribution >= 0.6 is 11.3 Å². The molecule has 7 nitrogen and oxygen atoms in total. The van der Waals surface area contributed by atoms with E-state index in [1.54, 1.807) is 33.9 Å². The summed E-state index contributed by atoms with van der Waals surface area (Å²) in [4.78, 5) is 27.6. The van der Waals surface area contributed by atoms with Gasteiger partial charge in [0.15, 0.2) is 0 Å². The van der Waals surface area contributed by atoms with Crippen molar-refractivity contribution >= 4 is 33.2 Å². The van der Waals surface area contributed by atoms with Gasteiger partial charge in [0.25, 0.3) is 11.7 Å². The molecule has 0 spiro atoms. The number of aromatic nitrogens is 5. The van der Waals surface area contributed by atoms with Gasteiger partial charge in [-0.2, -0.15) is 10.1 Å². The van der Waals surface area contributed by atoms with Crippen LogP contribution in [0.1, 0.15) is 41.0 Å². The molecular weight excluding hydrogens is 348 g/mol. The number of nitrogens with zero attached hydrogens (tertiary/aromatic N) is 6. The van der Waals surface area contributed by atoms with Gasteiger partial charge in [0, 0.05) is 7.05 Å². The predicted octanol–water partition coefficient (Wildman–Crippen LogP) is 3.13. The van der Waals surface area contributed by atoms with E-state index in [0.29, 0.717) is 18.0 Å². The van der Waals surface area contributed by atoms with E-state index in [9.17, 15) is 4.79 Å². The molecule has 0 N–H and O–H groups in total. The topological polar surface area (TPSA) is 76.3 Å². The Kier molecular flexibility index (Phi) is 4.12. The molecule has 4 rings (SSSR count). The minimum atomic E-state index is -0.156. The van der Waals surface area contributed by atoms with Gasteiger partial charge in [0.2, 0.25) is 0 Å². The van der Waals surface area contributed by atoms with Gasteiger partial charge in [-0.3, -0.25) is 4.79 Å². The van der Waals surface area contributed by atoms with E-state index in [-0.39, 0.29) is 11.8 Å². The van der Waals surface area contributed by atoms with Crippen molar-refractivity contribution in [3.63, 3.8) is 0 Å². The van der Waals surface area contributed by atoms with E-state index >= 15 is 0 Å². The summed E-state index contributed by atoms with van der Waals surface area (Å²) < 4.78 is 2.79. The normalized spacial score (nSPS) is 11.5. The minimum Gasteiger partial charge on any atom is -0.334 e. The predicted molar refractivity (Wildman–Crippen MR) is 100 cm³/mol. The van der Waals surface area contributed by atoms with E-state index < -0.39 is 0 Å². The average molecular weight is 366 g/mol. The van der Waals surface area contributed by atoms with Crippen LogP contribution in [-0.4, -0.2) is 42.4 Å². The van der Waals surface area contributed by atoms with Crippen LogP contribution in [0.15, 0.2) is 36.7 Å². The fraction of sp³-hybridized carbons (Fsp3) is 0.278. The Bertz CT molecular complexity index is 1070. The number of hydrogen-bond donors (Lipinski definition) is 0. The first-order valence-electron chi connectivity index (χ1n) is 8.33. The number of carbonyl (C=O) groups excluding carboxylic acids is 1. The zero-order valence-corrected chi connectivity index (χ0v) is 15.6. The fourth-order valence-electron chi connectivity index (χ4n) is 2.81. The first kappa shape index (κ1) is 16.6. The first-order chi connectivity index (χ1) is 12.5. The number of hydrogen-bond acceptors (Lipinski definition) is 6. The SMILES string of the molecule is CC(C)c1cc(C(=O)N(C)Cc2nc3ccccc3s2)nc2ncnn12. The van der Waals surface area contributed by atoms with E-state index in [0.717, 1.165) is 20.9 Å². The molecule has 4 aromatic rings. The molecule has 132 valence electrons. The molecular formula is C18H18N6OS. The van der Waals surface area contributed by atoms with Crippen molar-refractivity contribution in [2.24, 2.45) is 0 Å². The lowest BCUT2D eigenvalue weighted by molar-refractivity contribution is 0.0779. The summed E-state index contributed by atoms with van der Waals surface area (Å²) in [7, 11) is 1.76. The van der Waals surface area contributed by atoms with Gasteiger partial charge in [-0.05, 0) is 24.1 Å². The van der Waals surface area contributed by atoms with Gasteiger partial charge in [-0.1, -0.05) is 26.0 Å². The highest BCUT2D eigenvalue weighted by molar-refractivity contribution is 7.18. The lowest BCUT2D eigenvalue weighted by Crippen LogP contribution is -2.27. The summed E-state index contributed by atoms with van der Waals surface area (Å²) in [5, 5.41) is 5.08. The highest BCUT2D eigenvalue weighted by atomic mass is 32.1. The number of rotatable bonds is 4. The van der Waals surface area contributed by atoms with Crippen LogP contribution in [0, 0.1) is 0 Å². The lowest BCUT2D eigenvalue weighted by atomic mass is 10.1. The third-order valence-electron chi connectivity index (χ3n) is 4.15. The molecule has 0 saturated heterocycles. The molecule has 0 bridgehead atoms. The Balaban J connectivity index is 1.63. The van der Waals surface area contributed by atoms with Crippen molar-refractivity contribution in [3.05, 3.63) is 53.1 Å². The summed E-state index contributed by atoms with van der Waals surface area (Å²) in [6, 6.07) is 9.76. The fourth-order valence-corrected chi connectivity index (χ4v) is 3.83. The number of thiazole rings is 1. The Morgan fingerprint density at radius 1 is 1.27 bits per heavy atom. The molecule has 1 aromatic carbocycles. The monoisotopic (exact) mass is 366 g/mol. The molecule has 0 radical (unpaired) electrons. The summed E-state index contributed by atoms with van der Waals surface area (Å²) in [5.41, 5.74) is 2.24. The van der Waals surface area contributed by atoms with Crippen LogP contribution in [-0.2, 0) is 6.54 Å². The van der Waals surface area contributed by atoms with Crippen LogP contribution in [0.4, 0.5) is 0 Å². The quantitative estimate of drug-likeness (QED) is 0.555.